The molecule has 2 N–H and O–H groups in total. The first-order valence-electron chi connectivity index (χ1n) is 7.94. The summed E-state index contributed by atoms with van der Waals surface area (Å²) in [5, 5.41) is 6.41. The number of hydrogen-bond donors (Lipinski definition) is 2. The molecule has 7 heteroatoms. The van der Waals surface area contributed by atoms with Gasteiger partial charge in [0.15, 0.2) is 5.96 Å². The largest absolute Gasteiger partial charge is 0.494 e. The molecule has 1 atom stereocenters. The zero-order chi connectivity index (χ0) is 17.1. The van der Waals surface area contributed by atoms with Gasteiger partial charge in [-0.2, -0.15) is 0 Å². The number of nitrogens with one attached hydrogen (secondary N) is 2. The summed E-state index contributed by atoms with van der Waals surface area (Å²) < 4.78 is 17.4. The number of guanidine groups is 1. The smallest absolute Gasteiger partial charge is 0.191 e. The first kappa shape index (κ1) is 23.2. The molecule has 0 radical (unpaired) electrons. The summed E-state index contributed by atoms with van der Waals surface area (Å²) in [6, 6.07) is 9.78. The van der Waals surface area contributed by atoms with Crippen LogP contribution in [0.25, 0.3) is 0 Å². The van der Waals surface area contributed by atoms with Gasteiger partial charge in [0.25, 0.3) is 0 Å². The number of rotatable bonds is 8. The summed E-state index contributed by atoms with van der Waals surface area (Å²) in [6.45, 7) is 8.04. The number of nitrogens with zero attached hydrogens (tertiary/aromatic N) is 1. The molecule has 0 spiro atoms. The third-order valence-corrected chi connectivity index (χ3v) is 5.05. The lowest BCUT2D eigenvalue weighted by atomic mass is 10.3. The maximum atomic E-state index is 12.0. The molecule has 0 aliphatic carbocycles. The van der Waals surface area contributed by atoms with E-state index in [1.165, 1.54) is 0 Å². The highest BCUT2D eigenvalue weighted by molar-refractivity contribution is 14.0. The van der Waals surface area contributed by atoms with Crippen LogP contribution in [0.4, 0.5) is 0 Å². The van der Waals surface area contributed by atoms with Crippen molar-refractivity contribution in [1.29, 1.82) is 0 Å². The van der Waals surface area contributed by atoms with Crippen LogP contribution in [0.2, 0.25) is 0 Å². The van der Waals surface area contributed by atoms with Crippen LogP contribution >= 0.6 is 24.0 Å². The third-order valence-electron chi connectivity index (χ3n) is 3.11. The Bertz CT molecular complexity index is 504. The third kappa shape index (κ3) is 10.1. The summed E-state index contributed by atoms with van der Waals surface area (Å²) in [5.74, 6) is 2.23. The molecule has 1 unspecified atom stereocenters. The Morgan fingerprint density at radius 2 is 1.79 bits per heavy atom. The Morgan fingerprint density at radius 3 is 2.38 bits per heavy atom. The number of benzene rings is 1. The Hall–Kier alpha value is -0.830. The summed E-state index contributed by atoms with van der Waals surface area (Å²) >= 11 is 0. The van der Waals surface area contributed by atoms with Crippen molar-refractivity contribution in [3.05, 3.63) is 30.3 Å². The average molecular weight is 467 g/mol. The van der Waals surface area contributed by atoms with Gasteiger partial charge in [-0.3, -0.25) is 9.20 Å². The van der Waals surface area contributed by atoms with Crippen molar-refractivity contribution < 1.29 is 8.95 Å². The van der Waals surface area contributed by atoms with Gasteiger partial charge in [-0.25, -0.2) is 0 Å². The maximum absolute atomic E-state index is 12.0. The monoisotopic (exact) mass is 467 g/mol. The van der Waals surface area contributed by atoms with Crippen LogP contribution in [0, 0.1) is 0 Å². The normalized spacial score (nSPS) is 12.9. The van der Waals surface area contributed by atoms with Crippen molar-refractivity contribution in [2.75, 3.05) is 32.5 Å². The SMILES string of the molecule is CN=C(NCCCOc1ccccc1)NCCS(=O)C(C)(C)C.I. The van der Waals surface area contributed by atoms with Crippen molar-refractivity contribution in [2.45, 2.75) is 31.9 Å². The molecule has 0 aliphatic heterocycles. The van der Waals surface area contributed by atoms with E-state index < -0.39 is 10.8 Å². The Balaban J connectivity index is 0.00000529. The number of aliphatic imine (C=N–C) groups is 1. The Labute approximate surface area is 165 Å². The van der Waals surface area contributed by atoms with Gasteiger partial charge in [0, 0.05) is 41.4 Å². The first-order valence-corrected chi connectivity index (χ1v) is 9.26. The van der Waals surface area contributed by atoms with Gasteiger partial charge in [-0.15, -0.1) is 24.0 Å². The minimum absolute atomic E-state index is 0. The fraction of sp³-hybridized carbons (Fsp3) is 0.588. The molecule has 0 fully saturated rings. The van der Waals surface area contributed by atoms with E-state index in [4.69, 9.17) is 4.74 Å². The topological polar surface area (TPSA) is 62.7 Å². The molecular weight excluding hydrogens is 437 g/mol. The van der Waals surface area contributed by atoms with Gasteiger partial charge in [0.2, 0.25) is 0 Å². The molecule has 1 aromatic carbocycles. The molecule has 0 saturated carbocycles. The van der Waals surface area contributed by atoms with Crippen LogP contribution < -0.4 is 15.4 Å². The van der Waals surface area contributed by atoms with Gasteiger partial charge >= 0.3 is 0 Å². The highest BCUT2D eigenvalue weighted by Crippen LogP contribution is 2.10. The fourth-order valence-electron chi connectivity index (χ4n) is 1.77. The Morgan fingerprint density at radius 1 is 1.17 bits per heavy atom. The van der Waals surface area contributed by atoms with E-state index in [1.807, 2.05) is 51.1 Å². The lowest BCUT2D eigenvalue weighted by Gasteiger charge is -2.18. The number of ether oxygens (including phenoxy) is 1. The zero-order valence-electron chi connectivity index (χ0n) is 15.0. The molecule has 1 rings (SSSR count). The summed E-state index contributed by atoms with van der Waals surface area (Å²) in [5.41, 5.74) is 0. The van der Waals surface area contributed by atoms with Crippen LogP contribution in [-0.4, -0.2) is 47.4 Å². The van der Waals surface area contributed by atoms with Gasteiger partial charge in [0.05, 0.1) is 6.61 Å². The van der Waals surface area contributed by atoms with Crippen LogP contribution in [0.5, 0.6) is 5.75 Å². The van der Waals surface area contributed by atoms with E-state index in [-0.39, 0.29) is 28.7 Å². The summed E-state index contributed by atoms with van der Waals surface area (Å²) in [7, 11) is 0.882. The predicted molar refractivity (Wildman–Crippen MR) is 114 cm³/mol. The second-order valence-corrected chi connectivity index (χ2v) is 8.43. The highest BCUT2D eigenvalue weighted by Gasteiger charge is 2.18. The van der Waals surface area contributed by atoms with Crippen molar-refractivity contribution >= 4 is 40.7 Å². The van der Waals surface area contributed by atoms with E-state index in [0.717, 1.165) is 24.7 Å². The van der Waals surface area contributed by atoms with Gasteiger partial charge in [-0.1, -0.05) is 18.2 Å². The van der Waals surface area contributed by atoms with Crippen molar-refractivity contribution in [3.8, 4) is 5.75 Å². The summed E-state index contributed by atoms with van der Waals surface area (Å²) in [6.07, 6.45) is 0.878. The fourth-order valence-corrected chi connectivity index (χ4v) is 2.67. The van der Waals surface area contributed by atoms with Gasteiger partial charge < -0.3 is 15.4 Å². The van der Waals surface area contributed by atoms with Crippen LogP contribution in [0.1, 0.15) is 27.2 Å². The van der Waals surface area contributed by atoms with Crippen molar-refractivity contribution in [2.24, 2.45) is 4.99 Å². The van der Waals surface area contributed by atoms with Crippen molar-refractivity contribution in [1.82, 2.24) is 10.6 Å². The second-order valence-electron chi connectivity index (χ2n) is 6.10. The maximum Gasteiger partial charge on any atom is 0.191 e. The number of hydrogen-bond acceptors (Lipinski definition) is 3. The first-order chi connectivity index (χ1) is 10.9. The number of halogens is 1. The van der Waals surface area contributed by atoms with E-state index in [1.54, 1.807) is 7.05 Å². The van der Waals surface area contributed by atoms with Gasteiger partial charge in [-0.05, 0) is 39.3 Å². The highest BCUT2D eigenvalue weighted by atomic mass is 127. The molecule has 0 aliphatic rings. The van der Waals surface area contributed by atoms with E-state index >= 15 is 0 Å². The van der Waals surface area contributed by atoms with Crippen LogP contribution in [0.15, 0.2) is 35.3 Å². The molecule has 0 amide bonds. The molecule has 24 heavy (non-hydrogen) atoms. The molecular formula is C17H30IN3O2S. The van der Waals surface area contributed by atoms with E-state index in [9.17, 15) is 4.21 Å². The van der Waals surface area contributed by atoms with Gasteiger partial charge in [0.1, 0.15) is 5.75 Å². The lowest BCUT2D eigenvalue weighted by molar-refractivity contribution is 0.311. The predicted octanol–water partition coefficient (Wildman–Crippen LogP) is 2.79. The number of para-hydroxylation sites is 1. The average Bonchev–Trinajstić information content (AvgIpc) is 2.52. The molecule has 0 saturated heterocycles. The van der Waals surface area contributed by atoms with E-state index in [0.29, 0.717) is 18.9 Å². The van der Waals surface area contributed by atoms with E-state index in [2.05, 4.69) is 15.6 Å². The van der Waals surface area contributed by atoms with Crippen molar-refractivity contribution in [3.63, 3.8) is 0 Å². The lowest BCUT2D eigenvalue weighted by Crippen LogP contribution is -2.41. The van der Waals surface area contributed by atoms with Crippen LogP contribution in [0.3, 0.4) is 0 Å². The minimum Gasteiger partial charge on any atom is -0.494 e. The van der Waals surface area contributed by atoms with Crippen LogP contribution in [-0.2, 0) is 10.8 Å². The molecule has 1 aromatic rings. The summed E-state index contributed by atoms with van der Waals surface area (Å²) in [4.78, 5) is 4.16. The zero-order valence-corrected chi connectivity index (χ0v) is 18.1. The minimum atomic E-state index is -0.851. The molecule has 0 bridgehead atoms. The standard InChI is InChI=1S/C17H29N3O2S.HI/c1-17(2,3)23(21)14-12-20-16(18-4)19-11-8-13-22-15-9-6-5-7-10-15;/h5-7,9-10H,8,11-14H2,1-4H3,(H2,18,19,20);1H. The molecule has 138 valence electrons. The quantitative estimate of drug-likeness (QED) is 0.267. The Kier molecular flexibility index (Phi) is 12.1. The molecule has 0 aromatic heterocycles. The molecule has 0 heterocycles. The second kappa shape index (κ2) is 12.5. The molecule has 5 nitrogen and oxygen atoms in total.